The quantitative estimate of drug-likeness (QED) is 0.785. The lowest BCUT2D eigenvalue weighted by Crippen LogP contribution is -3.12. The Balaban J connectivity index is 1.79. The SMILES string of the molecule is Cn1cc(C(=O)NN2CC[NH+](C)CC2)c2ccccc21. The van der Waals surface area contributed by atoms with Gasteiger partial charge in [-0.1, -0.05) is 18.2 Å². The molecular weight excluding hydrogens is 252 g/mol. The molecule has 20 heavy (non-hydrogen) atoms. The number of amides is 1. The minimum atomic E-state index is -0.0126. The average Bonchev–Trinajstić information content (AvgIpc) is 2.79. The largest absolute Gasteiger partial charge is 0.350 e. The number of para-hydroxylation sites is 1. The molecule has 5 nitrogen and oxygen atoms in total. The van der Waals surface area contributed by atoms with Crippen LogP contribution in [0.25, 0.3) is 10.9 Å². The highest BCUT2D eigenvalue weighted by Gasteiger charge is 2.20. The molecule has 2 N–H and O–H groups in total. The Bertz CT molecular complexity index is 626. The third-order valence-electron chi connectivity index (χ3n) is 4.02. The van der Waals surface area contributed by atoms with Crippen LogP contribution in [0.4, 0.5) is 0 Å². The molecule has 3 rings (SSSR count). The van der Waals surface area contributed by atoms with Crippen LogP contribution < -0.4 is 10.3 Å². The zero-order valence-corrected chi connectivity index (χ0v) is 12.0. The van der Waals surface area contributed by atoms with Crippen molar-refractivity contribution < 1.29 is 9.69 Å². The summed E-state index contributed by atoms with van der Waals surface area (Å²) in [6, 6.07) is 8.00. The van der Waals surface area contributed by atoms with Crippen molar-refractivity contribution in [2.45, 2.75) is 0 Å². The third kappa shape index (κ3) is 2.42. The summed E-state index contributed by atoms with van der Waals surface area (Å²) in [5.41, 5.74) is 4.86. The van der Waals surface area contributed by atoms with E-state index in [1.807, 2.05) is 47.1 Å². The zero-order chi connectivity index (χ0) is 14.1. The van der Waals surface area contributed by atoms with E-state index in [4.69, 9.17) is 0 Å². The normalized spacial score (nSPS) is 17.5. The Kier molecular flexibility index (Phi) is 3.46. The Labute approximate surface area is 118 Å². The molecule has 1 aromatic carbocycles. The average molecular weight is 273 g/mol. The highest BCUT2D eigenvalue weighted by atomic mass is 16.2. The summed E-state index contributed by atoms with van der Waals surface area (Å²) in [4.78, 5) is 14.0. The van der Waals surface area contributed by atoms with Crippen molar-refractivity contribution in [2.24, 2.45) is 7.05 Å². The molecule has 2 heterocycles. The number of benzene rings is 1. The molecular formula is C15H21N4O+. The van der Waals surface area contributed by atoms with E-state index in [0.29, 0.717) is 0 Å². The van der Waals surface area contributed by atoms with Crippen LogP contribution in [0.2, 0.25) is 0 Å². The van der Waals surface area contributed by atoms with Crippen molar-refractivity contribution in [3.05, 3.63) is 36.0 Å². The summed E-state index contributed by atoms with van der Waals surface area (Å²) >= 11 is 0. The second kappa shape index (κ2) is 5.26. The van der Waals surface area contributed by atoms with E-state index in [-0.39, 0.29) is 5.91 Å². The van der Waals surface area contributed by atoms with Crippen LogP contribution >= 0.6 is 0 Å². The first-order chi connectivity index (χ1) is 9.65. The highest BCUT2D eigenvalue weighted by Crippen LogP contribution is 2.20. The van der Waals surface area contributed by atoms with Gasteiger partial charge in [-0.15, -0.1) is 0 Å². The van der Waals surface area contributed by atoms with Crippen LogP contribution in [0.1, 0.15) is 10.4 Å². The van der Waals surface area contributed by atoms with Crippen LogP contribution in [0.3, 0.4) is 0 Å². The Morgan fingerprint density at radius 1 is 1.25 bits per heavy atom. The van der Waals surface area contributed by atoms with Gasteiger partial charge in [-0.2, -0.15) is 0 Å². The number of nitrogens with one attached hydrogen (secondary N) is 2. The Morgan fingerprint density at radius 2 is 1.95 bits per heavy atom. The molecule has 1 aromatic heterocycles. The van der Waals surface area contributed by atoms with Gasteiger partial charge in [-0.25, -0.2) is 5.01 Å². The van der Waals surface area contributed by atoms with Crippen LogP contribution in [-0.2, 0) is 7.05 Å². The second-order valence-corrected chi connectivity index (χ2v) is 5.56. The van der Waals surface area contributed by atoms with Crippen molar-refractivity contribution in [2.75, 3.05) is 33.2 Å². The summed E-state index contributed by atoms with van der Waals surface area (Å²) in [7, 11) is 4.15. The molecule has 0 atom stereocenters. The molecule has 5 heteroatoms. The van der Waals surface area contributed by atoms with E-state index in [2.05, 4.69) is 12.5 Å². The summed E-state index contributed by atoms with van der Waals surface area (Å²) in [6.07, 6.45) is 1.90. The number of quaternary nitrogens is 1. The van der Waals surface area contributed by atoms with Gasteiger partial charge < -0.3 is 9.47 Å². The molecule has 0 saturated carbocycles. The number of carbonyl (C=O) groups is 1. The van der Waals surface area contributed by atoms with Crippen molar-refractivity contribution in [3.63, 3.8) is 0 Å². The lowest BCUT2D eigenvalue weighted by Gasteiger charge is -2.29. The number of hydrazine groups is 1. The van der Waals surface area contributed by atoms with E-state index in [1.165, 1.54) is 4.90 Å². The maximum atomic E-state index is 12.4. The molecule has 0 unspecified atom stereocenters. The molecule has 1 aliphatic rings. The smallest absolute Gasteiger partial charge is 0.267 e. The first kappa shape index (κ1) is 13.1. The van der Waals surface area contributed by atoms with Gasteiger partial charge in [0.1, 0.15) is 0 Å². The highest BCUT2D eigenvalue weighted by molar-refractivity contribution is 6.06. The first-order valence-electron chi connectivity index (χ1n) is 7.06. The van der Waals surface area contributed by atoms with Crippen molar-refractivity contribution >= 4 is 16.8 Å². The van der Waals surface area contributed by atoms with E-state index < -0.39 is 0 Å². The second-order valence-electron chi connectivity index (χ2n) is 5.56. The molecule has 1 fully saturated rings. The van der Waals surface area contributed by atoms with Gasteiger partial charge in [-0.3, -0.25) is 10.2 Å². The minimum absolute atomic E-state index is 0.0126. The molecule has 0 bridgehead atoms. The Morgan fingerprint density at radius 3 is 2.70 bits per heavy atom. The number of hydrogen-bond acceptors (Lipinski definition) is 2. The van der Waals surface area contributed by atoms with Gasteiger partial charge >= 0.3 is 0 Å². The number of hydrogen-bond donors (Lipinski definition) is 2. The van der Waals surface area contributed by atoms with Gasteiger partial charge in [0.15, 0.2) is 0 Å². The predicted molar refractivity (Wildman–Crippen MR) is 78.6 cm³/mol. The lowest BCUT2D eigenvalue weighted by atomic mass is 10.2. The van der Waals surface area contributed by atoms with Gasteiger partial charge in [0, 0.05) is 24.1 Å². The number of piperazine rings is 1. The van der Waals surface area contributed by atoms with Gasteiger partial charge in [0.05, 0.1) is 38.8 Å². The molecule has 1 saturated heterocycles. The fourth-order valence-electron chi connectivity index (χ4n) is 2.73. The van der Waals surface area contributed by atoms with Gasteiger partial charge in [-0.05, 0) is 6.07 Å². The molecule has 1 amide bonds. The first-order valence-corrected chi connectivity index (χ1v) is 7.06. The maximum Gasteiger partial charge on any atom is 0.267 e. The standard InChI is InChI=1S/C15H20N4O/c1-17-7-9-19(10-8-17)16-15(20)13-11-18(2)14-6-4-3-5-12(13)14/h3-6,11H,7-10H2,1-2H3,(H,16,20)/p+1. The molecule has 0 spiro atoms. The van der Waals surface area contributed by atoms with E-state index in [9.17, 15) is 4.79 Å². The summed E-state index contributed by atoms with van der Waals surface area (Å²) in [6.45, 7) is 3.94. The summed E-state index contributed by atoms with van der Waals surface area (Å²) in [5, 5.41) is 3.03. The topological polar surface area (TPSA) is 41.7 Å². The maximum absolute atomic E-state index is 12.4. The van der Waals surface area contributed by atoms with Crippen LogP contribution in [0.5, 0.6) is 0 Å². The molecule has 2 aromatic rings. The van der Waals surface area contributed by atoms with Crippen molar-refractivity contribution in [1.82, 2.24) is 15.0 Å². The molecule has 106 valence electrons. The van der Waals surface area contributed by atoms with Crippen LogP contribution in [0.15, 0.2) is 30.5 Å². The van der Waals surface area contributed by atoms with E-state index >= 15 is 0 Å². The number of aromatic nitrogens is 1. The predicted octanol–water partition coefficient (Wildman–Crippen LogP) is -0.347. The fraction of sp³-hybridized carbons (Fsp3) is 0.400. The summed E-state index contributed by atoms with van der Waals surface area (Å²) in [5.74, 6) is -0.0126. The number of fused-ring (bicyclic) bond motifs is 1. The van der Waals surface area contributed by atoms with Crippen LogP contribution in [-0.4, -0.2) is 48.7 Å². The number of rotatable bonds is 2. The van der Waals surface area contributed by atoms with Crippen molar-refractivity contribution in [3.8, 4) is 0 Å². The molecule has 1 aliphatic heterocycles. The van der Waals surface area contributed by atoms with Crippen molar-refractivity contribution in [1.29, 1.82) is 0 Å². The lowest BCUT2D eigenvalue weighted by molar-refractivity contribution is -0.884. The monoisotopic (exact) mass is 273 g/mol. The van der Waals surface area contributed by atoms with Gasteiger partial charge in [0.25, 0.3) is 5.91 Å². The molecule has 0 radical (unpaired) electrons. The van der Waals surface area contributed by atoms with Crippen LogP contribution in [0, 0.1) is 0 Å². The number of carbonyl (C=O) groups excluding carboxylic acids is 1. The summed E-state index contributed by atoms with van der Waals surface area (Å²) < 4.78 is 2.00. The minimum Gasteiger partial charge on any atom is -0.350 e. The number of aryl methyl sites for hydroxylation is 1. The van der Waals surface area contributed by atoms with Gasteiger partial charge in [0.2, 0.25) is 0 Å². The van der Waals surface area contributed by atoms with E-state index in [0.717, 1.165) is 42.6 Å². The number of nitrogens with zero attached hydrogens (tertiary/aromatic N) is 2. The Hall–Kier alpha value is -1.85. The number of likely N-dealkylation sites (N-methyl/N-ethyl adjacent to an activating group) is 1. The van der Waals surface area contributed by atoms with E-state index in [1.54, 1.807) is 0 Å². The third-order valence-corrected chi connectivity index (χ3v) is 4.02. The zero-order valence-electron chi connectivity index (χ0n) is 12.0. The molecule has 0 aliphatic carbocycles. The fourth-order valence-corrected chi connectivity index (χ4v) is 2.73.